The molecule has 0 fully saturated rings. The van der Waals surface area contributed by atoms with Crippen LogP contribution in [0.3, 0.4) is 0 Å². The zero-order valence-electron chi connectivity index (χ0n) is 9.62. The number of hydrogen-bond acceptors (Lipinski definition) is 1. The highest BCUT2D eigenvalue weighted by Crippen LogP contribution is 2.28. The molecular formula is C15H16O. The molecule has 2 aromatic rings. The van der Waals surface area contributed by atoms with E-state index in [4.69, 9.17) is 4.42 Å². The fourth-order valence-corrected chi connectivity index (χ4v) is 1.94. The van der Waals surface area contributed by atoms with Gasteiger partial charge in [-0.05, 0) is 19.4 Å². The molecule has 1 nitrogen and oxygen atoms in total. The highest BCUT2D eigenvalue weighted by Gasteiger charge is 2.12. The van der Waals surface area contributed by atoms with Crippen molar-refractivity contribution in [1.29, 1.82) is 0 Å². The number of fused-ring (bicyclic) bond motifs is 1. The van der Waals surface area contributed by atoms with Crippen molar-refractivity contribution in [1.82, 2.24) is 0 Å². The monoisotopic (exact) mass is 212 g/mol. The van der Waals surface area contributed by atoms with Crippen molar-refractivity contribution >= 4 is 11.0 Å². The standard InChI is InChI=1S/C15H16O/c1-4-7-14-13(10-11(2)3)12-8-5-6-9-15(12)16-14/h4-6,8-9H,1-2,7,10H2,3H3. The van der Waals surface area contributed by atoms with Crippen molar-refractivity contribution in [3.63, 3.8) is 0 Å². The highest BCUT2D eigenvalue weighted by molar-refractivity contribution is 5.82. The van der Waals surface area contributed by atoms with Gasteiger partial charge in [0.2, 0.25) is 0 Å². The molecule has 0 bridgehead atoms. The van der Waals surface area contributed by atoms with Crippen LogP contribution in [0.2, 0.25) is 0 Å². The molecule has 0 aliphatic carbocycles. The van der Waals surface area contributed by atoms with E-state index in [1.165, 1.54) is 10.9 Å². The maximum absolute atomic E-state index is 5.83. The van der Waals surface area contributed by atoms with Gasteiger partial charge in [0.25, 0.3) is 0 Å². The number of furan rings is 1. The second-order valence-corrected chi connectivity index (χ2v) is 4.13. The van der Waals surface area contributed by atoms with E-state index in [1.54, 1.807) is 0 Å². The summed E-state index contributed by atoms with van der Waals surface area (Å²) >= 11 is 0. The van der Waals surface area contributed by atoms with E-state index in [2.05, 4.69) is 19.2 Å². The minimum atomic E-state index is 0.775. The molecule has 0 radical (unpaired) electrons. The molecule has 0 aliphatic heterocycles. The van der Waals surface area contributed by atoms with E-state index < -0.39 is 0 Å². The van der Waals surface area contributed by atoms with Crippen LogP contribution < -0.4 is 0 Å². The van der Waals surface area contributed by atoms with Gasteiger partial charge in [0, 0.05) is 17.4 Å². The second kappa shape index (κ2) is 4.40. The van der Waals surface area contributed by atoms with E-state index in [0.29, 0.717) is 0 Å². The van der Waals surface area contributed by atoms with Gasteiger partial charge in [-0.2, -0.15) is 0 Å². The fourth-order valence-electron chi connectivity index (χ4n) is 1.94. The summed E-state index contributed by atoms with van der Waals surface area (Å²) in [5.41, 5.74) is 3.36. The molecule has 1 aromatic heterocycles. The lowest BCUT2D eigenvalue weighted by molar-refractivity contribution is 0.560. The van der Waals surface area contributed by atoms with Crippen molar-refractivity contribution in [2.24, 2.45) is 0 Å². The van der Waals surface area contributed by atoms with Gasteiger partial charge in [-0.25, -0.2) is 0 Å². The van der Waals surface area contributed by atoms with Crippen molar-refractivity contribution < 1.29 is 4.42 Å². The van der Waals surface area contributed by atoms with Gasteiger partial charge in [0.05, 0.1) is 0 Å². The summed E-state index contributed by atoms with van der Waals surface area (Å²) in [5.74, 6) is 1.01. The molecule has 0 N–H and O–H groups in total. The predicted octanol–water partition coefficient (Wildman–Crippen LogP) is 4.28. The van der Waals surface area contributed by atoms with E-state index in [9.17, 15) is 0 Å². The highest BCUT2D eigenvalue weighted by atomic mass is 16.3. The van der Waals surface area contributed by atoms with E-state index in [0.717, 1.165) is 29.8 Å². The molecule has 0 atom stereocenters. The largest absolute Gasteiger partial charge is 0.460 e. The Hall–Kier alpha value is -1.76. The zero-order valence-corrected chi connectivity index (χ0v) is 9.62. The average Bonchev–Trinajstić information content (AvgIpc) is 2.57. The van der Waals surface area contributed by atoms with Crippen LogP contribution in [0.5, 0.6) is 0 Å². The Bertz CT molecular complexity index is 531. The van der Waals surface area contributed by atoms with Gasteiger partial charge in [-0.1, -0.05) is 36.4 Å². The summed E-state index contributed by atoms with van der Waals surface area (Å²) in [6, 6.07) is 8.14. The number of hydrogen-bond donors (Lipinski definition) is 0. The van der Waals surface area contributed by atoms with Gasteiger partial charge < -0.3 is 4.42 Å². The van der Waals surface area contributed by atoms with Crippen LogP contribution in [-0.2, 0) is 12.8 Å². The molecular weight excluding hydrogens is 196 g/mol. The molecule has 0 saturated heterocycles. The van der Waals surface area contributed by atoms with Crippen LogP contribution in [0, 0.1) is 0 Å². The molecule has 0 aliphatic rings. The number of allylic oxidation sites excluding steroid dienone is 2. The summed E-state index contributed by atoms with van der Waals surface area (Å²) in [5, 5.41) is 1.20. The number of benzene rings is 1. The minimum Gasteiger partial charge on any atom is -0.460 e. The Morgan fingerprint density at radius 1 is 1.38 bits per heavy atom. The average molecular weight is 212 g/mol. The van der Waals surface area contributed by atoms with Gasteiger partial charge in [-0.3, -0.25) is 0 Å². The summed E-state index contributed by atoms with van der Waals surface area (Å²) < 4.78 is 5.83. The van der Waals surface area contributed by atoms with Gasteiger partial charge >= 0.3 is 0 Å². The Morgan fingerprint density at radius 3 is 2.81 bits per heavy atom. The molecule has 1 aromatic carbocycles. The molecule has 16 heavy (non-hydrogen) atoms. The quantitative estimate of drug-likeness (QED) is 0.689. The third-order valence-corrected chi connectivity index (χ3v) is 2.59. The first-order valence-corrected chi connectivity index (χ1v) is 5.47. The van der Waals surface area contributed by atoms with Crippen LogP contribution >= 0.6 is 0 Å². The summed E-state index contributed by atoms with van der Waals surface area (Å²) in [4.78, 5) is 0. The SMILES string of the molecule is C=CCc1oc2ccccc2c1CC(=C)C. The van der Waals surface area contributed by atoms with Crippen LogP contribution in [0.25, 0.3) is 11.0 Å². The number of rotatable bonds is 4. The lowest BCUT2D eigenvalue weighted by Crippen LogP contribution is -1.89. The van der Waals surface area contributed by atoms with Crippen LogP contribution in [0.1, 0.15) is 18.2 Å². The lowest BCUT2D eigenvalue weighted by Gasteiger charge is -2.00. The maximum Gasteiger partial charge on any atom is 0.134 e. The first-order chi connectivity index (χ1) is 7.72. The van der Waals surface area contributed by atoms with Crippen LogP contribution in [0.15, 0.2) is 53.5 Å². The molecule has 82 valence electrons. The second-order valence-electron chi connectivity index (χ2n) is 4.13. The molecule has 0 amide bonds. The lowest BCUT2D eigenvalue weighted by atomic mass is 10.0. The van der Waals surface area contributed by atoms with Crippen molar-refractivity contribution in [2.75, 3.05) is 0 Å². The van der Waals surface area contributed by atoms with Crippen molar-refractivity contribution in [2.45, 2.75) is 19.8 Å². The molecule has 1 heteroatoms. The first-order valence-electron chi connectivity index (χ1n) is 5.47. The van der Waals surface area contributed by atoms with E-state index in [1.807, 2.05) is 31.2 Å². The smallest absolute Gasteiger partial charge is 0.134 e. The van der Waals surface area contributed by atoms with E-state index in [-0.39, 0.29) is 0 Å². The predicted molar refractivity (Wildman–Crippen MR) is 68.6 cm³/mol. The summed E-state index contributed by atoms with van der Waals surface area (Å²) in [7, 11) is 0. The van der Waals surface area contributed by atoms with Crippen LogP contribution in [0.4, 0.5) is 0 Å². The fraction of sp³-hybridized carbons (Fsp3) is 0.200. The molecule has 2 rings (SSSR count). The minimum absolute atomic E-state index is 0.775. The molecule has 0 saturated carbocycles. The Labute approximate surface area is 96.1 Å². The summed E-state index contributed by atoms with van der Waals surface area (Å²) in [6.45, 7) is 9.78. The maximum atomic E-state index is 5.83. The third kappa shape index (κ3) is 1.94. The molecule has 1 heterocycles. The van der Waals surface area contributed by atoms with Gasteiger partial charge in [0.15, 0.2) is 0 Å². The topological polar surface area (TPSA) is 13.1 Å². The Morgan fingerprint density at radius 2 is 2.12 bits per heavy atom. The van der Waals surface area contributed by atoms with E-state index >= 15 is 0 Å². The number of para-hydroxylation sites is 1. The third-order valence-electron chi connectivity index (χ3n) is 2.59. The molecule has 0 spiro atoms. The van der Waals surface area contributed by atoms with Crippen LogP contribution in [-0.4, -0.2) is 0 Å². The van der Waals surface area contributed by atoms with Gasteiger partial charge in [-0.15, -0.1) is 6.58 Å². The Kier molecular flexibility index (Phi) is 2.95. The normalized spacial score (nSPS) is 10.6. The van der Waals surface area contributed by atoms with Crippen molar-refractivity contribution in [3.05, 3.63) is 60.4 Å². The molecule has 0 unspecified atom stereocenters. The van der Waals surface area contributed by atoms with Gasteiger partial charge in [0.1, 0.15) is 11.3 Å². The Balaban J connectivity index is 2.58. The van der Waals surface area contributed by atoms with Crippen molar-refractivity contribution in [3.8, 4) is 0 Å². The summed E-state index contributed by atoms with van der Waals surface area (Å²) in [6.07, 6.45) is 3.52. The zero-order chi connectivity index (χ0) is 11.5. The first kappa shape index (κ1) is 10.7.